The SMILES string of the molecule is COc1cccc(OC)c1C(=O)N1C[C@@H]2CN(c3nc4ccc(Cl)cc4s3)C[C@@H]2C1. The number of carbonyl (C=O) groups is 1. The van der Waals surface area contributed by atoms with E-state index in [9.17, 15) is 4.79 Å². The molecule has 0 saturated carbocycles. The summed E-state index contributed by atoms with van der Waals surface area (Å²) in [6.45, 7) is 3.28. The molecule has 6 nitrogen and oxygen atoms in total. The first-order chi connectivity index (χ1) is 14.6. The minimum absolute atomic E-state index is 0.0279. The van der Waals surface area contributed by atoms with Crippen molar-refractivity contribution in [2.45, 2.75) is 0 Å². The smallest absolute Gasteiger partial charge is 0.261 e. The number of nitrogens with zero attached hydrogens (tertiary/aromatic N) is 3. The van der Waals surface area contributed by atoms with Gasteiger partial charge in [0, 0.05) is 43.0 Å². The van der Waals surface area contributed by atoms with Crippen LogP contribution < -0.4 is 14.4 Å². The number of rotatable bonds is 4. The van der Waals surface area contributed by atoms with E-state index in [0.717, 1.165) is 46.5 Å². The Morgan fingerprint density at radius 2 is 1.73 bits per heavy atom. The van der Waals surface area contributed by atoms with Crippen LogP contribution in [0.25, 0.3) is 10.2 Å². The molecule has 3 heterocycles. The molecule has 0 spiro atoms. The number of carbonyl (C=O) groups excluding carboxylic acids is 1. The number of halogens is 1. The molecule has 2 saturated heterocycles. The fraction of sp³-hybridized carbons (Fsp3) is 0.364. The molecule has 2 aromatic carbocycles. The highest BCUT2D eigenvalue weighted by Gasteiger charge is 2.43. The Hall–Kier alpha value is -2.51. The number of aromatic nitrogens is 1. The number of amides is 1. The molecule has 0 bridgehead atoms. The third-order valence-corrected chi connectivity index (χ3v) is 7.34. The molecule has 2 aliphatic heterocycles. The lowest BCUT2D eigenvalue weighted by Gasteiger charge is -2.23. The number of benzene rings is 2. The van der Waals surface area contributed by atoms with E-state index in [1.165, 1.54) is 0 Å². The lowest BCUT2D eigenvalue weighted by Crippen LogP contribution is -2.33. The zero-order valence-corrected chi connectivity index (χ0v) is 18.4. The number of methoxy groups -OCH3 is 2. The summed E-state index contributed by atoms with van der Waals surface area (Å²) in [5.41, 5.74) is 1.49. The van der Waals surface area contributed by atoms with E-state index in [1.54, 1.807) is 37.7 Å². The second kappa shape index (κ2) is 7.63. The summed E-state index contributed by atoms with van der Waals surface area (Å²) in [5.74, 6) is 1.94. The van der Waals surface area contributed by atoms with E-state index in [1.807, 2.05) is 29.2 Å². The topological polar surface area (TPSA) is 54.9 Å². The summed E-state index contributed by atoms with van der Waals surface area (Å²) in [7, 11) is 3.15. The van der Waals surface area contributed by atoms with Crippen LogP contribution in [0.1, 0.15) is 10.4 Å². The zero-order chi connectivity index (χ0) is 20.8. The van der Waals surface area contributed by atoms with Gasteiger partial charge < -0.3 is 19.3 Å². The van der Waals surface area contributed by atoms with Crippen LogP contribution in [0.15, 0.2) is 36.4 Å². The number of hydrogen-bond donors (Lipinski definition) is 0. The molecule has 8 heteroatoms. The van der Waals surface area contributed by atoms with Crippen molar-refractivity contribution < 1.29 is 14.3 Å². The van der Waals surface area contributed by atoms with Crippen molar-refractivity contribution in [2.24, 2.45) is 11.8 Å². The van der Waals surface area contributed by atoms with Crippen molar-refractivity contribution in [3.8, 4) is 11.5 Å². The monoisotopic (exact) mass is 443 g/mol. The third-order valence-electron chi connectivity index (χ3n) is 6.02. The van der Waals surface area contributed by atoms with E-state index in [2.05, 4.69) is 4.90 Å². The van der Waals surface area contributed by atoms with Gasteiger partial charge in [0.25, 0.3) is 5.91 Å². The molecule has 5 rings (SSSR count). The molecule has 1 amide bonds. The third kappa shape index (κ3) is 3.26. The molecular formula is C22H22ClN3O3S. The summed E-state index contributed by atoms with van der Waals surface area (Å²) < 4.78 is 12.0. The second-order valence-electron chi connectivity index (χ2n) is 7.78. The second-order valence-corrected chi connectivity index (χ2v) is 9.23. The van der Waals surface area contributed by atoms with Gasteiger partial charge in [-0.15, -0.1) is 0 Å². The minimum atomic E-state index is -0.0279. The Morgan fingerprint density at radius 1 is 1.07 bits per heavy atom. The largest absolute Gasteiger partial charge is 0.496 e. The molecule has 3 aromatic rings. The zero-order valence-electron chi connectivity index (χ0n) is 16.8. The van der Waals surface area contributed by atoms with Gasteiger partial charge in [-0.2, -0.15) is 0 Å². The number of hydrogen-bond acceptors (Lipinski definition) is 6. The molecular weight excluding hydrogens is 422 g/mol. The predicted molar refractivity (Wildman–Crippen MR) is 119 cm³/mol. The normalized spacial score (nSPS) is 20.6. The molecule has 0 unspecified atom stereocenters. The summed E-state index contributed by atoms with van der Waals surface area (Å²) in [6, 6.07) is 11.2. The fourth-order valence-electron chi connectivity index (χ4n) is 4.56. The summed E-state index contributed by atoms with van der Waals surface area (Å²) >= 11 is 7.79. The van der Waals surface area contributed by atoms with Crippen molar-refractivity contribution in [3.05, 3.63) is 47.0 Å². The highest BCUT2D eigenvalue weighted by atomic mass is 35.5. The van der Waals surface area contributed by atoms with Gasteiger partial charge in [0.15, 0.2) is 5.13 Å². The van der Waals surface area contributed by atoms with Crippen molar-refractivity contribution in [2.75, 3.05) is 45.3 Å². The van der Waals surface area contributed by atoms with Gasteiger partial charge in [0.1, 0.15) is 17.1 Å². The molecule has 30 heavy (non-hydrogen) atoms. The first-order valence-electron chi connectivity index (χ1n) is 9.88. The Kier molecular flexibility index (Phi) is 4.95. The van der Waals surface area contributed by atoms with Crippen molar-refractivity contribution in [1.82, 2.24) is 9.88 Å². The van der Waals surface area contributed by atoms with Gasteiger partial charge in [-0.05, 0) is 30.3 Å². The summed E-state index contributed by atoms with van der Waals surface area (Å²) in [5, 5.41) is 1.77. The van der Waals surface area contributed by atoms with Gasteiger partial charge in [-0.3, -0.25) is 4.79 Å². The Balaban J connectivity index is 1.32. The number of anilines is 1. The lowest BCUT2D eigenvalue weighted by molar-refractivity contribution is 0.0775. The van der Waals surface area contributed by atoms with Crippen LogP contribution in [0.5, 0.6) is 11.5 Å². The average Bonchev–Trinajstić information content (AvgIpc) is 3.44. The van der Waals surface area contributed by atoms with Gasteiger partial charge in [-0.25, -0.2) is 4.98 Å². The van der Waals surface area contributed by atoms with Gasteiger partial charge in [0.2, 0.25) is 0 Å². The van der Waals surface area contributed by atoms with Crippen molar-refractivity contribution in [3.63, 3.8) is 0 Å². The number of thiazole rings is 1. The number of fused-ring (bicyclic) bond motifs is 2. The first kappa shape index (κ1) is 19.5. The standard InChI is InChI=1S/C22H22ClN3O3S/c1-28-17-4-3-5-18(29-2)20(17)21(27)25-9-13-11-26(12-14(13)10-25)22-24-16-7-6-15(23)8-19(16)30-22/h3-8,13-14H,9-12H2,1-2H3/t13-,14+. The molecule has 0 aliphatic carbocycles. The molecule has 0 radical (unpaired) electrons. The number of likely N-dealkylation sites (tertiary alicyclic amines) is 1. The molecule has 2 fully saturated rings. The van der Waals surface area contributed by atoms with Gasteiger partial charge in [-0.1, -0.05) is 29.0 Å². The highest BCUT2D eigenvalue weighted by molar-refractivity contribution is 7.22. The van der Waals surface area contributed by atoms with Gasteiger partial charge in [0.05, 0.1) is 24.4 Å². The van der Waals surface area contributed by atoms with Crippen LogP contribution in [0.4, 0.5) is 5.13 Å². The molecule has 156 valence electrons. The Labute approximate surface area is 184 Å². The van der Waals surface area contributed by atoms with Crippen LogP contribution in [-0.4, -0.2) is 56.2 Å². The Bertz CT molecular complexity index is 1080. The van der Waals surface area contributed by atoms with Crippen LogP contribution in [0.2, 0.25) is 5.02 Å². The van der Waals surface area contributed by atoms with Crippen molar-refractivity contribution in [1.29, 1.82) is 0 Å². The van der Waals surface area contributed by atoms with Crippen molar-refractivity contribution >= 4 is 44.2 Å². The molecule has 2 aliphatic rings. The van der Waals surface area contributed by atoms with Crippen LogP contribution in [0.3, 0.4) is 0 Å². The predicted octanol–water partition coefficient (Wildman–Crippen LogP) is 4.18. The fourth-order valence-corrected chi connectivity index (χ4v) is 5.82. The quantitative estimate of drug-likeness (QED) is 0.605. The molecule has 1 aromatic heterocycles. The minimum Gasteiger partial charge on any atom is -0.496 e. The maximum absolute atomic E-state index is 13.3. The van der Waals surface area contributed by atoms with Crippen LogP contribution in [-0.2, 0) is 0 Å². The maximum atomic E-state index is 13.3. The Morgan fingerprint density at radius 3 is 2.37 bits per heavy atom. The molecule has 2 atom stereocenters. The van der Waals surface area contributed by atoms with Crippen LogP contribution >= 0.6 is 22.9 Å². The summed E-state index contributed by atoms with van der Waals surface area (Å²) in [6.07, 6.45) is 0. The van der Waals surface area contributed by atoms with E-state index >= 15 is 0 Å². The van der Waals surface area contributed by atoms with Gasteiger partial charge >= 0.3 is 0 Å². The first-order valence-corrected chi connectivity index (χ1v) is 11.1. The average molecular weight is 444 g/mol. The van der Waals surface area contributed by atoms with Crippen LogP contribution in [0, 0.1) is 11.8 Å². The van der Waals surface area contributed by atoms with E-state index in [-0.39, 0.29) is 5.91 Å². The highest BCUT2D eigenvalue weighted by Crippen LogP contribution is 2.39. The van der Waals surface area contributed by atoms with E-state index in [4.69, 9.17) is 26.1 Å². The lowest BCUT2D eigenvalue weighted by atomic mass is 10.0. The number of ether oxygens (including phenoxy) is 2. The van der Waals surface area contributed by atoms with E-state index in [0.29, 0.717) is 28.9 Å². The van der Waals surface area contributed by atoms with E-state index < -0.39 is 0 Å². The molecule has 0 N–H and O–H groups in total. The maximum Gasteiger partial charge on any atom is 0.261 e. The summed E-state index contributed by atoms with van der Waals surface area (Å²) in [4.78, 5) is 22.3.